The third-order valence-electron chi connectivity index (χ3n) is 1.92. The van der Waals surface area contributed by atoms with Gasteiger partial charge in [0.1, 0.15) is 0 Å². The fourth-order valence-electron chi connectivity index (χ4n) is 1.26. The van der Waals surface area contributed by atoms with Gasteiger partial charge in [-0.1, -0.05) is 11.8 Å². The molecule has 0 saturated carbocycles. The summed E-state index contributed by atoms with van der Waals surface area (Å²) < 4.78 is 23.5. The third kappa shape index (κ3) is 3.91. The van der Waals surface area contributed by atoms with Crippen molar-refractivity contribution < 1.29 is 8.78 Å². The van der Waals surface area contributed by atoms with Crippen LogP contribution in [0.4, 0.5) is 8.78 Å². The topological polar surface area (TPSA) is 12.0 Å². The summed E-state index contributed by atoms with van der Waals surface area (Å²) in [5, 5.41) is 3.21. The number of thioether (sulfide) groups is 1. The lowest BCUT2D eigenvalue weighted by molar-refractivity contribution is 0.251. The van der Waals surface area contributed by atoms with Crippen LogP contribution in [0.25, 0.3) is 0 Å². The number of alkyl halides is 2. The molecular formula is C7H13F2NS. The van der Waals surface area contributed by atoms with E-state index < -0.39 is 5.76 Å². The Balaban J connectivity index is 2.05. The highest BCUT2D eigenvalue weighted by molar-refractivity contribution is 7.99. The number of halogens is 2. The lowest BCUT2D eigenvalue weighted by Gasteiger charge is -2.21. The van der Waals surface area contributed by atoms with Crippen LogP contribution in [0, 0.1) is 5.92 Å². The smallest absolute Gasteiger partial charge is 0.284 e. The number of hydrogen-bond acceptors (Lipinski definition) is 2. The van der Waals surface area contributed by atoms with Crippen molar-refractivity contribution in [3.05, 3.63) is 0 Å². The first-order valence-electron chi connectivity index (χ1n) is 3.89. The minimum atomic E-state index is -2.19. The zero-order valence-electron chi connectivity index (χ0n) is 6.35. The van der Waals surface area contributed by atoms with Gasteiger partial charge in [-0.2, -0.15) is 8.78 Å². The van der Waals surface area contributed by atoms with Gasteiger partial charge in [-0.25, -0.2) is 0 Å². The summed E-state index contributed by atoms with van der Waals surface area (Å²) in [6.45, 7) is 1.99. The minimum Gasteiger partial charge on any atom is -0.317 e. The molecule has 11 heavy (non-hydrogen) atoms. The van der Waals surface area contributed by atoms with Gasteiger partial charge in [0.2, 0.25) is 0 Å². The van der Waals surface area contributed by atoms with E-state index >= 15 is 0 Å². The van der Waals surface area contributed by atoms with Gasteiger partial charge in [-0.15, -0.1) is 0 Å². The molecule has 0 amide bonds. The van der Waals surface area contributed by atoms with E-state index in [0.29, 0.717) is 11.7 Å². The first kappa shape index (κ1) is 9.26. The van der Waals surface area contributed by atoms with Crippen molar-refractivity contribution in [2.75, 3.05) is 18.8 Å². The standard InChI is InChI=1S/C7H13F2NS/c8-7(9)11-5-6-1-3-10-4-2-6/h6-7,10H,1-5H2. The van der Waals surface area contributed by atoms with Crippen molar-refractivity contribution in [2.24, 2.45) is 5.92 Å². The SMILES string of the molecule is FC(F)SCC1CCNCC1. The monoisotopic (exact) mass is 181 g/mol. The summed E-state index contributed by atoms with van der Waals surface area (Å²) >= 11 is 0.777. The Morgan fingerprint density at radius 2 is 2.00 bits per heavy atom. The van der Waals surface area contributed by atoms with Crippen LogP contribution in [0.3, 0.4) is 0 Å². The van der Waals surface area contributed by atoms with Crippen molar-refractivity contribution >= 4 is 11.8 Å². The van der Waals surface area contributed by atoms with Gasteiger partial charge in [-0.3, -0.25) is 0 Å². The highest BCUT2D eigenvalue weighted by Crippen LogP contribution is 2.22. The van der Waals surface area contributed by atoms with E-state index in [-0.39, 0.29) is 0 Å². The predicted molar refractivity (Wildman–Crippen MR) is 44.1 cm³/mol. The van der Waals surface area contributed by atoms with Crippen molar-refractivity contribution in [3.8, 4) is 0 Å². The van der Waals surface area contributed by atoms with Crippen LogP contribution < -0.4 is 5.32 Å². The summed E-state index contributed by atoms with van der Waals surface area (Å²) in [4.78, 5) is 0. The lowest BCUT2D eigenvalue weighted by Crippen LogP contribution is -2.28. The molecule has 0 bridgehead atoms. The van der Waals surface area contributed by atoms with Gasteiger partial charge < -0.3 is 5.32 Å². The first-order valence-corrected chi connectivity index (χ1v) is 4.94. The zero-order valence-corrected chi connectivity index (χ0v) is 7.17. The zero-order chi connectivity index (χ0) is 8.10. The molecule has 1 heterocycles. The minimum absolute atomic E-state index is 0.509. The average Bonchev–Trinajstić information content (AvgIpc) is 2.03. The molecule has 0 aliphatic carbocycles. The molecular weight excluding hydrogens is 168 g/mol. The van der Waals surface area contributed by atoms with Crippen LogP contribution in [0.1, 0.15) is 12.8 Å². The molecule has 66 valence electrons. The average molecular weight is 181 g/mol. The normalized spacial score (nSPS) is 21.0. The molecule has 4 heteroatoms. The molecule has 0 aromatic carbocycles. The molecule has 1 N–H and O–H groups in total. The summed E-state index contributed by atoms with van der Waals surface area (Å²) in [5.41, 5.74) is 0. The number of piperidine rings is 1. The van der Waals surface area contributed by atoms with E-state index in [2.05, 4.69) is 5.32 Å². The molecule has 1 rings (SSSR count). The fourth-order valence-corrected chi connectivity index (χ4v) is 2.01. The Hall–Kier alpha value is 0.170. The summed E-state index contributed by atoms with van der Waals surface area (Å²) in [6.07, 6.45) is 2.11. The summed E-state index contributed by atoms with van der Waals surface area (Å²) in [7, 11) is 0. The van der Waals surface area contributed by atoms with Gasteiger partial charge in [0.25, 0.3) is 5.76 Å². The molecule has 0 aromatic rings. The van der Waals surface area contributed by atoms with Crippen LogP contribution in [0.15, 0.2) is 0 Å². The van der Waals surface area contributed by atoms with E-state index in [0.717, 1.165) is 37.7 Å². The number of rotatable bonds is 3. The Bertz CT molecular complexity index is 105. The van der Waals surface area contributed by atoms with Crippen LogP contribution in [0.2, 0.25) is 0 Å². The van der Waals surface area contributed by atoms with Crippen LogP contribution in [-0.4, -0.2) is 24.6 Å². The Labute approximate surface area is 69.9 Å². The van der Waals surface area contributed by atoms with Crippen molar-refractivity contribution in [1.82, 2.24) is 5.32 Å². The van der Waals surface area contributed by atoms with Gasteiger partial charge in [0, 0.05) is 5.75 Å². The van der Waals surface area contributed by atoms with E-state index in [1.54, 1.807) is 0 Å². The van der Waals surface area contributed by atoms with Gasteiger partial charge in [-0.05, 0) is 31.8 Å². The Morgan fingerprint density at radius 3 is 2.55 bits per heavy atom. The number of hydrogen-bond donors (Lipinski definition) is 1. The molecule has 0 spiro atoms. The van der Waals surface area contributed by atoms with Gasteiger partial charge >= 0.3 is 0 Å². The maximum absolute atomic E-state index is 11.7. The molecule has 0 radical (unpaired) electrons. The lowest BCUT2D eigenvalue weighted by atomic mass is 10.0. The fraction of sp³-hybridized carbons (Fsp3) is 1.00. The molecule has 0 atom stereocenters. The van der Waals surface area contributed by atoms with E-state index in [1.165, 1.54) is 0 Å². The highest BCUT2D eigenvalue weighted by atomic mass is 32.2. The highest BCUT2D eigenvalue weighted by Gasteiger charge is 2.14. The molecule has 0 unspecified atom stereocenters. The van der Waals surface area contributed by atoms with Gasteiger partial charge in [0.05, 0.1) is 0 Å². The van der Waals surface area contributed by atoms with Gasteiger partial charge in [0.15, 0.2) is 0 Å². The maximum Gasteiger partial charge on any atom is 0.284 e. The van der Waals surface area contributed by atoms with E-state index in [1.807, 2.05) is 0 Å². The molecule has 1 saturated heterocycles. The van der Waals surface area contributed by atoms with Crippen LogP contribution in [-0.2, 0) is 0 Å². The van der Waals surface area contributed by atoms with Crippen molar-refractivity contribution in [3.63, 3.8) is 0 Å². The largest absolute Gasteiger partial charge is 0.317 e. The van der Waals surface area contributed by atoms with Crippen molar-refractivity contribution in [1.29, 1.82) is 0 Å². The molecule has 1 fully saturated rings. The summed E-state index contributed by atoms with van der Waals surface area (Å²) in [5.74, 6) is -1.06. The van der Waals surface area contributed by atoms with Crippen molar-refractivity contribution in [2.45, 2.75) is 18.6 Å². The molecule has 1 aliphatic rings. The second-order valence-corrected chi connectivity index (χ2v) is 3.81. The third-order valence-corrected chi connectivity index (χ3v) is 2.83. The molecule has 1 aliphatic heterocycles. The van der Waals surface area contributed by atoms with Crippen LogP contribution >= 0.6 is 11.8 Å². The quantitative estimate of drug-likeness (QED) is 0.714. The number of nitrogens with one attached hydrogen (secondary N) is 1. The Morgan fingerprint density at radius 1 is 1.36 bits per heavy atom. The Kier molecular flexibility index (Phi) is 4.15. The predicted octanol–water partition coefficient (Wildman–Crippen LogP) is 1.94. The second kappa shape index (κ2) is 4.93. The maximum atomic E-state index is 11.7. The van der Waals surface area contributed by atoms with E-state index in [9.17, 15) is 8.78 Å². The first-order chi connectivity index (χ1) is 5.29. The second-order valence-electron chi connectivity index (χ2n) is 2.79. The summed E-state index contributed by atoms with van der Waals surface area (Å²) in [6, 6.07) is 0. The van der Waals surface area contributed by atoms with Crippen LogP contribution in [0.5, 0.6) is 0 Å². The molecule has 1 nitrogen and oxygen atoms in total. The molecule has 0 aromatic heterocycles. The van der Waals surface area contributed by atoms with E-state index in [4.69, 9.17) is 0 Å².